The molecular weight excluding hydrogens is 266 g/mol. The average molecular weight is 279 g/mol. The van der Waals surface area contributed by atoms with Gasteiger partial charge in [0.05, 0.1) is 11.0 Å². The molecule has 1 atom stereocenters. The van der Waals surface area contributed by atoms with E-state index < -0.39 is 0 Å². The Morgan fingerprint density at radius 3 is 3.26 bits per heavy atom. The molecule has 3 heterocycles. The molecule has 1 aliphatic heterocycles. The minimum atomic E-state index is -0.356. The van der Waals surface area contributed by atoms with Crippen LogP contribution in [0.1, 0.15) is 23.5 Å². The van der Waals surface area contributed by atoms with Crippen molar-refractivity contribution >= 4 is 17.2 Å². The van der Waals surface area contributed by atoms with Gasteiger partial charge in [-0.3, -0.25) is 4.79 Å². The van der Waals surface area contributed by atoms with Crippen molar-refractivity contribution in [3.63, 3.8) is 0 Å². The van der Waals surface area contributed by atoms with Gasteiger partial charge in [-0.1, -0.05) is 11.2 Å². The summed E-state index contributed by atoms with van der Waals surface area (Å²) in [5.74, 6) is 0.0736. The number of amides is 1. The van der Waals surface area contributed by atoms with E-state index in [-0.39, 0.29) is 17.9 Å². The number of nitrogens with zero attached hydrogens (tertiary/aromatic N) is 2. The van der Waals surface area contributed by atoms with Gasteiger partial charge in [0.2, 0.25) is 5.82 Å². The van der Waals surface area contributed by atoms with Crippen molar-refractivity contribution in [1.82, 2.24) is 15.5 Å². The average Bonchev–Trinajstić information content (AvgIpc) is 3.14. The summed E-state index contributed by atoms with van der Waals surface area (Å²) in [6, 6.07) is 3.77. The second-order valence-corrected chi connectivity index (χ2v) is 5.19. The molecule has 19 heavy (non-hydrogen) atoms. The third-order valence-electron chi connectivity index (χ3n) is 2.88. The molecule has 1 amide bonds. The van der Waals surface area contributed by atoms with Crippen molar-refractivity contribution in [2.75, 3.05) is 13.2 Å². The van der Waals surface area contributed by atoms with Gasteiger partial charge in [0.25, 0.3) is 0 Å². The van der Waals surface area contributed by atoms with Gasteiger partial charge in [-0.25, -0.2) is 0 Å². The maximum Gasteiger partial charge on any atom is 0.316 e. The van der Waals surface area contributed by atoms with Crippen LogP contribution in [0.3, 0.4) is 0 Å². The molecule has 100 valence electrons. The van der Waals surface area contributed by atoms with Gasteiger partial charge >= 0.3 is 11.8 Å². The molecule has 0 unspecified atom stereocenters. The fraction of sp³-hybridized carbons (Fsp3) is 0.417. The van der Waals surface area contributed by atoms with Crippen LogP contribution in [0, 0.1) is 0 Å². The van der Waals surface area contributed by atoms with E-state index in [2.05, 4.69) is 15.5 Å². The molecule has 0 radical (unpaired) electrons. The van der Waals surface area contributed by atoms with Gasteiger partial charge in [0, 0.05) is 13.2 Å². The van der Waals surface area contributed by atoms with Crippen molar-refractivity contribution in [2.24, 2.45) is 0 Å². The summed E-state index contributed by atoms with van der Waals surface area (Å²) in [7, 11) is 0. The molecule has 6 nitrogen and oxygen atoms in total. The Labute approximate surface area is 113 Å². The van der Waals surface area contributed by atoms with Crippen LogP contribution in [0.15, 0.2) is 22.0 Å². The fourth-order valence-corrected chi connectivity index (χ4v) is 2.56. The Hall–Kier alpha value is -1.73. The highest BCUT2D eigenvalue weighted by Crippen LogP contribution is 2.21. The molecular formula is C12H13N3O3S. The largest absolute Gasteiger partial charge is 0.376 e. The van der Waals surface area contributed by atoms with Gasteiger partial charge in [0.15, 0.2) is 0 Å². The Balaban J connectivity index is 1.60. The summed E-state index contributed by atoms with van der Waals surface area (Å²) < 4.78 is 10.4. The number of carbonyl (C=O) groups excluding carboxylic acids is 1. The van der Waals surface area contributed by atoms with Gasteiger partial charge < -0.3 is 14.6 Å². The molecule has 0 aromatic carbocycles. The van der Waals surface area contributed by atoms with Crippen LogP contribution < -0.4 is 5.32 Å². The lowest BCUT2D eigenvalue weighted by molar-refractivity contribution is 0.0822. The van der Waals surface area contributed by atoms with E-state index in [0.29, 0.717) is 12.4 Å². The monoisotopic (exact) mass is 279 g/mol. The Kier molecular flexibility index (Phi) is 3.56. The lowest BCUT2D eigenvalue weighted by Gasteiger charge is -2.08. The highest BCUT2D eigenvalue weighted by atomic mass is 32.1. The van der Waals surface area contributed by atoms with Gasteiger partial charge in [-0.05, 0) is 24.3 Å². The standard InChI is InChI=1S/C12H13N3O3S/c16-11(13-7-8-3-1-5-17-8)12-14-10(15-18-12)9-4-2-6-19-9/h2,4,6,8H,1,3,5,7H2,(H,13,16)/t8-/m0/s1. The number of hydrogen-bond acceptors (Lipinski definition) is 6. The highest BCUT2D eigenvalue weighted by molar-refractivity contribution is 7.13. The van der Waals surface area contributed by atoms with Crippen molar-refractivity contribution in [2.45, 2.75) is 18.9 Å². The third-order valence-corrected chi connectivity index (χ3v) is 3.74. The number of thiophene rings is 1. The number of nitrogens with one attached hydrogen (secondary N) is 1. The molecule has 1 saturated heterocycles. The Morgan fingerprint density at radius 1 is 1.58 bits per heavy atom. The summed E-state index contributed by atoms with van der Waals surface area (Å²) in [5, 5.41) is 8.45. The summed E-state index contributed by atoms with van der Waals surface area (Å²) in [6.45, 7) is 1.25. The first kappa shape index (κ1) is 12.3. The second-order valence-electron chi connectivity index (χ2n) is 4.25. The van der Waals surface area contributed by atoms with Crippen LogP contribution in [0.25, 0.3) is 10.7 Å². The molecule has 2 aromatic rings. The van der Waals surface area contributed by atoms with Crippen molar-refractivity contribution < 1.29 is 14.1 Å². The molecule has 1 N–H and O–H groups in total. The van der Waals surface area contributed by atoms with Crippen LogP contribution in [-0.4, -0.2) is 35.3 Å². The fourth-order valence-electron chi connectivity index (χ4n) is 1.91. The third kappa shape index (κ3) is 2.82. The number of aromatic nitrogens is 2. The van der Waals surface area contributed by atoms with Crippen LogP contribution >= 0.6 is 11.3 Å². The molecule has 0 spiro atoms. The van der Waals surface area contributed by atoms with Crippen LogP contribution in [0.5, 0.6) is 0 Å². The van der Waals surface area contributed by atoms with Crippen LogP contribution in [0.2, 0.25) is 0 Å². The summed E-state index contributed by atoms with van der Waals surface area (Å²) in [5.41, 5.74) is 0. The molecule has 2 aromatic heterocycles. The molecule has 1 fully saturated rings. The van der Waals surface area contributed by atoms with Crippen LogP contribution in [-0.2, 0) is 4.74 Å². The zero-order valence-electron chi connectivity index (χ0n) is 10.2. The summed E-state index contributed by atoms with van der Waals surface area (Å²) >= 11 is 1.50. The summed E-state index contributed by atoms with van der Waals surface area (Å²) in [6.07, 6.45) is 2.12. The smallest absolute Gasteiger partial charge is 0.316 e. The van der Waals surface area contributed by atoms with Gasteiger partial charge in [0.1, 0.15) is 0 Å². The topological polar surface area (TPSA) is 77.2 Å². The predicted octanol–water partition coefficient (Wildman–Crippen LogP) is 1.71. The maximum absolute atomic E-state index is 11.8. The van der Waals surface area contributed by atoms with E-state index in [1.165, 1.54) is 11.3 Å². The molecule has 7 heteroatoms. The van der Waals surface area contributed by atoms with Gasteiger partial charge in [-0.2, -0.15) is 4.98 Å². The Morgan fingerprint density at radius 2 is 2.53 bits per heavy atom. The number of carbonyl (C=O) groups is 1. The van der Waals surface area contributed by atoms with E-state index >= 15 is 0 Å². The normalized spacial score (nSPS) is 18.6. The van der Waals surface area contributed by atoms with E-state index in [4.69, 9.17) is 9.26 Å². The zero-order valence-corrected chi connectivity index (χ0v) is 11.0. The lowest BCUT2D eigenvalue weighted by Crippen LogP contribution is -2.31. The number of hydrogen-bond donors (Lipinski definition) is 1. The summed E-state index contributed by atoms with van der Waals surface area (Å²) in [4.78, 5) is 16.8. The number of ether oxygens (including phenoxy) is 1. The zero-order chi connectivity index (χ0) is 13.1. The molecule has 1 aliphatic rings. The SMILES string of the molecule is O=C(NC[C@@H]1CCCO1)c1nc(-c2cccs2)no1. The first-order valence-corrected chi connectivity index (χ1v) is 6.98. The van der Waals surface area contributed by atoms with Crippen LogP contribution in [0.4, 0.5) is 0 Å². The van der Waals surface area contributed by atoms with E-state index in [0.717, 1.165) is 24.3 Å². The van der Waals surface area contributed by atoms with Crippen molar-refractivity contribution in [1.29, 1.82) is 0 Å². The minimum Gasteiger partial charge on any atom is -0.376 e. The lowest BCUT2D eigenvalue weighted by atomic mass is 10.2. The number of rotatable bonds is 4. The van der Waals surface area contributed by atoms with E-state index in [1.54, 1.807) is 0 Å². The van der Waals surface area contributed by atoms with Crippen molar-refractivity contribution in [3.8, 4) is 10.7 Å². The molecule has 3 rings (SSSR count). The highest BCUT2D eigenvalue weighted by Gasteiger charge is 2.20. The van der Waals surface area contributed by atoms with Gasteiger partial charge in [-0.15, -0.1) is 11.3 Å². The second kappa shape index (κ2) is 5.50. The molecule has 0 saturated carbocycles. The predicted molar refractivity (Wildman–Crippen MR) is 68.9 cm³/mol. The Bertz CT molecular complexity index is 546. The first-order chi connectivity index (χ1) is 9.33. The maximum atomic E-state index is 11.8. The van der Waals surface area contributed by atoms with E-state index in [9.17, 15) is 4.79 Å². The minimum absolute atomic E-state index is 0.0126. The van der Waals surface area contributed by atoms with Crippen molar-refractivity contribution in [3.05, 3.63) is 23.4 Å². The first-order valence-electron chi connectivity index (χ1n) is 6.10. The van der Waals surface area contributed by atoms with E-state index in [1.807, 2.05) is 17.5 Å². The quantitative estimate of drug-likeness (QED) is 0.921. The molecule has 0 bridgehead atoms. The molecule has 0 aliphatic carbocycles.